The van der Waals surface area contributed by atoms with Crippen molar-refractivity contribution in [2.75, 3.05) is 12.3 Å². The molecule has 0 unspecified atom stereocenters. The van der Waals surface area contributed by atoms with E-state index < -0.39 is 10.0 Å². The van der Waals surface area contributed by atoms with Crippen LogP contribution in [0.4, 0.5) is 0 Å². The Balaban J connectivity index is 1.95. The van der Waals surface area contributed by atoms with E-state index in [-0.39, 0.29) is 11.9 Å². The van der Waals surface area contributed by atoms with E-state index in [2.05, 4.69) is 0 Å². The zero-order valence-corrected chi connectivity index (χ0v) is 12.3. The molecule has 0 bridgehead atoms. The summed E-state index contributed by atoms with van der Waals surface area (Å²) < 4.78 is 26.6. The minimum absolute atomic E-state index is 0.0681. The van der Waals surface area contributed by atoms with E-state index in [9.17, 15) is 8.42 Å². The predicted octanol–water partition coefficient (Wildman–Crippen LogP) is 1.69. The monoisotopic (exact) mass is 287 g/mol. The van der Waals surface area contributed by atoms with Gasteiger partial charge in [-0.1, -0.05) is 19.3 Å². The van der Waals surface area contributed by atoms with Crippen molar-refractivity contribution in [1.82, 2.24) is 4.31 Å². The summed E-state index contributed by atoms with van der Waals surface area (Å²) in [5, 5.41) is 7.26. The lowest BCUT2D eigenvalue weighted by Gasteiger charge is -2.26. The van der Waals surface area contributed by atoms with E-state index in [1.807, 2.05) is 0 Å². The summed E-state index contributed by atoms with van der Waals surface area (Å²) in [5.41, 5.74) is 5.35. The van der Waals surface area contributed by atoms with Gasteiger partial charge in [-0.25, -0.2) is 8.42 Å². The summed E-state index contributed by atoms with van der Waals surface area (Å²) in [6, 6.07) is 0.174. The van der Waals surface area contributed by atoms with Gasteiger partial charge in [-0.15, -0.1) is 0 Å². The van der Waals surface area contributed by atoms with Crippen molar-refractivity contribution in [2.45, 2.75) is 57.4 Å². The van der Waals surface area contributed by atoms with Gasteiger partial charge in [-0.2, -0.15) is 4.31 Å². The predicted molar refractivity (Wildman–Crippen MR) is 76.6 cm³/mol. The molecule has 2 fully saturated rings. The highest BCUT2D eigenvalue weighted by Crippen LogP contribution is 2.32. The molecule has 0 saturated heterocycles. The molecule has 2 rings (SSSR count). The first-order valence-electron chi connectivity index (χ1n) is 7.31. The van der Waals surface area contributed by atoms with Crippen molar-refractivity contribution in [3.05, 3.63) is 0 Å². The fourth-order valence-corrected chi connectivity index (χ4v) is 5.04. The Kier molecular flexibility index (Phi) is 4.84. The molecule has 6 heteroatoms. The lowest BCUT2D eigenvalue weighted by Crippen LogP contribution is -2.39. The lowest BCUT2D eigenvalue weighted by atomic mass is 9.91. The van der Waals surface area contributed by atoms with Crippen LogP contribution in [0.25, 0.3) is 0 Å². The van der Waals surface area contributed by atoms with Crippen molar-refractivity contribution < 1.29 is 8.42 Å². The van der Waals surface area contributed by atoms with Crippen molar-refractivity contribution in [3.63, 3.8) is 0 Å². The van der Waals surface area contributed by atoms with Gasteiger partial charge in [-0.3, -0.25) is 5.41 Å². The fourth-order valence-electron chi connectivity index (χ4n) is 2.89. The number of nitrogens with one attached hydrogen (secondary N) is 1. The number of nitrogens with two attached hydrogens (primary N) is 1. The Morgan fingerprint density at radius 3 is 2.32 bits per heavy atom. The molecule has 2 saturated carbocycles. The van der Waals surface area contributed by atoms with Gasteiger partial charge in [-0.05, 0) is 31.6 Å². The van der Waals surface area contributed by atoms with Gasteiger partial charge < -0.3 is 5.73 Å². The smallest absolute Gasteiger partial charge is 0.214 e. The third-order valence-corrected chi connectivity index (χ3v) is 6.17. The van der Waals surface area contributed by atoms with Crippen LogP contribution in [0.3, 0.4) is 0 Å². The second-order valence-electron chi connectivity index (χ2n) is 5.90. The fraction of sp³-hybridized carbons (Fsp3) is 0.923. The molecule has 110 valence electrons. The van der Waals surface area contributed by atoms with E-state index in [1.54, 1.807) is 4.31 Å². The normalized spacial score (nSPS) is 21.7. The molecule has 5 nitrogen and oxygen atoms in total. The molecule has 0 aliphatic heterocycles. The van der Waals surface area contributed by atoms with E-state index in [4.69, 9.17) is 11.1 Å². The molecule has 3 N–H and O–H groups in total. The first-order valence-corrected chi connectivity index (χ1v) is 8.92. The first kappa shape index (κ1) is 14.8. The Labute approximate surface area is 116 Å². The van der Waals surface area contributed by atoms with Crippen molar-refractivity contribution >= 4 is 15.9 Å². The summed E-state index contributed by atoms with van der Waals surface area (Å²) in [4.78, 5) is 0. The van der Waals surface area contributed by atoms with Crippen molar-refractivity contribution in [1.29, 1.82) is 5.41 Å². The third kappa shape index (κ3) is 4.45. The van der Waals surface area contributed by atoms with Gasteiger partial charge in [0.15, 0.2) is 0 Å². The summed E-state index contributed by atoms with van der Waals surface area (Å²) in [7, 11) is -3.17. The average molecular weight is 287 g/mol. The molecule has 0 aromatic carbocycles. The van der Waals surface area contributed by atoms with Crippen LogP contribution < -0.4 is 5.73 Å². The molecule has 0 heterocycles. The standard InChI is InChI=1S/C13H25N3O2S/c14-13(15)8-9-16(12-6-7-12)19(17,18)10-11-4-2-1-3-5-11/h11-12H,1-10H2,(H3,14,15). The topological polar surface area (TPSA) is 87.2 Å². The number of hydrogen-bond acceptors (Lipinski definition) is 3. The maximum Gasteiger partial charge on any atom is 0.214 e. The van der Waals surface area contributed by atoms with Gasteiger partial charge in [0.05, 0.1) is 11.6 Å². The largest absolute Gasteiger partial charge is 0.388 e. The molecular weight excluding hydrogens is 262 g/mol. The summed E-state index contributed by atoms with van der Waals surface area (Å²) >= 11 is 0. The van der Waals surface area contributed by atoms with Crippen LogP contribution in [0.15, 0.2) is 0 Å². The number of amidine groups is 1. The maximum atomic E-state index is 12.5. The number of hydrogen-bond donors (Lipinski definition) is 2. The SMILES string of the molecule is N=C(N)CCN(C1CC1)S(=O)(=O)CC1CCCCC1. The summed E-state index contributed by atoms with van der Waals surface area (Å²) in [5.74, 6) is 0.692. The van der Waals surface area contributed by atoms with E-state index >= 15 is 0 Å². The Bertz CT molecular complexity index is 412. The van der Waals surface area contributed by atoms with Gasteiger partial charge in [0, 0.05) is 19.0 Å². The van der Waals surface area contributed by atoms with E-state index in [0.717, 1.165) is 38.5 Å². The molecule has 0 spiro atoms. The first-order chi connectivity index (χ1) is 8.99. The van der Waals surface area contributed by atoms with Gasteiger partial charge in [0.25, 0.3) is 0 Å². The number of sulfonamides is 1. The van der Waals surface area contributed by atoms with Gasteiger partial charge in [0.1, 0.15) is 0 Å². The van der Waals surface area contributed by atoms with Crippen molar-refractivity contribution in [2.24, 2.45) is 11.7 Å². The second kappa shape index (κ2) is 6.22. The highest BCUT2D eigenvalue weighted by atomic mass is 32.2. The molecule has 0 atom stereocenters. The number of rotatable bonds is 7. The van der Waals surface area contributed by atoms with Crippen LogP contribution in [0.5, 0.6) is 0 Å². The average Bonchev–Trinajstić information content (AvgIpc) is 3.13. The Hall–Kier alpha value is -0.620. The summed E-state index contributed by atoms with van der Waals surface area (Å²) in [6.07, 6.45) is 7.93. The molecule has 0 aromatic heterocycles. The molecule has 2 aliphatic rings. The highest BCUT2D eigenvalue weighted by Gasteiger charge is 2.37. The Morgan fingerprint density at radius 1 is 1.16 bits per heavy atom. The molecule has 0 amide bonds. The Morgan fingerprint density at radius 2 is 1.79 bits per heavy atom. The molecule has 0 aromatic rings. The minimum atomic E-state index is -3.17. The number of nitrogens with zero attached hydrogens (tertiary/aromatic N) is 1. The quantitative estimate of drug-likeness (QED) is 0.551. The van der Waals surface area contributed by atoms with Crippen LogP contribution in [-0.2, 0) is 10.0 Å². The molecule has 19 heavy (non-hydrogen) atoms. The van der Waals surface area contributed by atoms with Crippen molar-refractivity contribution in [3.8, 4) is 0 Å². The van der Waals surface area contributed by atoms with Crippen LogP contribution in [0, 0.1) is 11.3 Å². The molecule has 0 radical (unpaired) electrons. The molecular formula is C13H25N3O2S. The second-order valence-corrected chi connectivity index (χ2v) is 7.87. The summed E-state index contributed by atoms with van der Waals surface area (Å²) in [6.45, 7) is 0.384. The van der Waals surface area contributed by atoms with Crippen LogP contribution in [0.1, 0.15) is 51.4 Å². The third-order valence-electron chi connectivity index (χ3n) is 4.08. The zero-order chi connectivity index (χ0) is 13.9. The minimum Gasteiger partial charge on any atom is -0.388 e. The lowest BCUT2D eigenvalue weighted by molar-refractivity contribution is 0.364. The molecule has 2 aliphatic carbocycles. The highest BCUT2D eigenvalue weighted by molar-refractivity contribution is 7.89. The zero-order valence-electron chi connectivity index (χ0n) is 11.5. The van der Waals surface area contributed by atoms with E-state index in [1.165, 1.54) is 6.42 Å². The van der Waals surface area contributed by atoms with E-state index in [0.29, 0.717) is 24.6 Å². The van der Waals surface area contributed by atoms with Crippen LogP contribution in [0.2, 0.25) is 0 Å². The maximum absolute atomic E-state index is 12.5. The van der Waals surface area contributed by atoms with Crippen LogP contribution in [-0.4, -0.2) is 36.9 Å². The van der Waals surface area contributed by atoms with Crippen LogP contribution >= 0.6 is 0 Å². The van der Waals surface area contributed by atoms with Gasteiger partial charge in [0.2, 0.25) is 10.0 Å². The van der Waals surface area contributed by atoms with Gasteiger partial charge >= 0.3 is 0 Å².